The quantitative estimate of drug-likeness (QED) is 0.216. The molecule has 0 fully saturated rings. The van der Waals surface area contributed by atoms with E-state index in [2.05, 4.69) is 4.99 Å². The van der Waals surface area contributed by atoms with Crippen molar-refractivity contribution in [3.63, 3.8) is 0 Å². The third-order valence-electron chi connectivity index (χ3n) is 5.17. The molecule has 0 atom stereocenters. The summed E-state index contributed by atoms with van der Waals surface area (Å²) in [5.41, 5.74) is 1.99. The molecule has 3 rings (SSSR count). The number of hydrogen-bond donors (Lipinski definition) is 0. The molecular weight excluding hydrogens is 484 g/mol. The van der Waals surface area contributed by atoms with Crippen molar-refractivity contribution in [3.05, 3.63) is 52.3 Å². The van der Waals surface area contributed by atoms with E-state index in [1.54, 1.807) is 37.3 Å². The van der Waals surface area contributed by atoms with Crippen molar-refractivity contribution in [3.8, 4) is 17.2 Å². The van der Waals surface area contributed by atoms with Crippen LogP contribution < -0.4 is 19.0 Å². The van der Waals surface area contributed by atoms with Crippen LogP contribution in [0.4, 0.5) is 0 Å². The summed E-state index contributed by atoms with van der Waals surface area (Å²) in [6, 6.07) is 8.78. The van der Waals surface area contributed by atoms with Crippen LogP contribution in [0.2, 0.25) is 0 Å². The lowest BCUT2D eigenvalue weighted by Gasteiger charge is -2.12. The van der Waals surface area contributed by atoms with Gasteiger partial charge >= 0.3 is 5.97 Å². The van der Waals surface area contributed by atoms with Crippen LogP contribution in [0.15, 0.2) is 41.4 Å². The Morgan fingerprint density at radius 2 is 1.72 bits per heavy atom. The smallest absolute Gasteiger partial charge is 0.338 e. The zero-order valence-electron chi connectivity index (χ0n) is 21.0. The molecule has 0 N–H and O–H groups in total. The average molecular weight is 515 g/mol. The minimum atomic E-state index is -0.439. The molecule has 0 unspecified atom stereocenters. The Hall–Kier alpha value is -3.63. The number of nitrogens with zero attached hydrogens (tertiary/aromatic N) is 2. The van der Waals surface area contributed by atoms with E-state index in [-0.39, 0.29) is 0 Å². The maximum absolute atomic E-state index is 12.8. The highest BCUT2D eigenvalue weighted by molar-refractivity contribution is 7.16. The number of rotatable bonds is 11. The molecule has 2 aromatic carbocycles. The van der Waals surface area contributed by atoms with Crippen LogP contribution in [0, 0.1) is 0 Å². The maximum Gasteiger partial charge on any atom is 0.338 e. The predicted octanol–water partition coefficient (Wildman–Crippen LogP) is 4.08. The Morgan fingerprint density at radius 3 is 2.33 bits per heavy atom. The molecule has 1 amide bonds. The van der Waals surface area contributed by atoms with E-state index >= 15 is 0 Å². The number of methoxy groups -OCH3 is 3. The van der Waals surface area contributed by atoms with Crippen molar-refractivity contribution in [1.29, 1.82) is 0 Å². The number of carbonyl (C=O) groups is 2. The molecule has 0 spiro atoms. The van der Waals surface area contributed by atoms with Gasteiger partial charge in [0.15, 0.2) is 16.3 Å². The van der Waals surface area contributed by atoms with Crippen LogP contribution >= 0.6 is 11.3 Å². The standard InChI is InChI=1S/C26H30N2O7S/c1-6-34-13-12-28-19-10-9-18(25(30)35-7-2)16-22(19)36-26(28)27-23(29)11-8-17-14-20(31-3)24(33-5)21(15-17)32-4/h8-11,14-16H,6-7,12-13H2,1-5H3. The molecule has 36 heavy (non-hydrogen) atoms. The third kappa shape index (κ3) is 6.32. The fraction of sp³-hybridized carbons (Fsp3) is 0.346. The molecule has 0 bridgehead atoms. The van der Waals surface area contributed by atoms with Gasteiger partial charge in [0, 0.05) is 19.2 Å². The number of ether oxygens (including phenoxy) is 5. The van der Waals surface area contributed by atoms with E-state index in [0.717, 1.165) is 10.2 Å². The summed E-state index contributed by atoms with van der Waals surface area (Å²) in [5.74, 6) is 0.603. The van der Waals surface area contributed by atoms with Crippen LogP contribution in [0.3, 0.4) is 0 Å². The lowest BCUT2D eigenvalue weighted by atomic mass is 10.1. The summed E-state index contributed by atoms with van der Waals surface area (Å²) in [7, 11) is 4.59. The van der Waals surface area contributed by atoms with Gasteiger partial charge in [-0.05, 0) is 55.8 Å². The van der Waals surface area contributed by atoms with Gasteiger partial charge in [-0.2, -0.15) is 4.99 Å². The number of aromatic nitrogens is 1. The van der Waals surface area contributed by atoms with Crippen LogP contribution in [-0.2, 0) is 20.8 Å². The van der Waals surface area contributed by atoms with Crippen LogP contribution in [0.5, 0.6) is 17.2 Å². The van der Waals surface area contributed by atoms with Crippen molar-refractivity contribution in [2.45, 2.75) is 20.4 Å². The highest BCUT2D eigenvalue weighted by atomic mass is 32.1. The summed E-state index contributed by atoms with van der Waals surface area (Å²) < 4.78 is 29.4. The Balaban J connectivity index is 1.97. The van der Waals surface area contributed by atoms with Crippen molar-refractivity contribution in [2.75, 3.05) is 41.2 Å². The van der Waals surface area contributed by atoms with Crippen LogP contribution in [0.25, 0.3) is 16.3 Å². The molecule has 1 heterocycles. The largest absolute Gasteiger partial charge is 0.493 e. The second-order valence-electron chi connectivity index (χ2n) is 7.38. The Bertz CT molecular complexity index is 1300. The van der Waals surface area contributed by atoms with Gasteiger partial charge in [0.2, 0.25) is 5.75 Å². The van der Waals surface area contributed by atoms with Crippen LogP contribution in [-0.4, -0.2) is 57.6 Å². The molecule has 3 aromatic rings. The summed E-state index contributed by atoms with van der Waals surface area (Å²) in [5, 5.41) is 0. The normalized spacial score (nSPS) is 11.8. The van der Waals surface area contributed by atoms with Gasteiger partial charge in [-0.3, -0.25) is 4.79 Å². The third-order valence-corrected chi connectivity index (χ3v) is 6.21. The van der Waals surface area contributed by atoms with Gasteiger partial charge in [-0.15, -0.1) is 0 Å². The number of benzene rings is 2. The van der Waals surface area contributed by atoms with Gasteiger partial charge in [-0.1, -0.05) is 11.3 Å². The predicted molar refractivity (Wildman–Crippen MR) is 138 cm³/mol. The molecule has 0 saturated heterocycles. The molecular formula is C26H30N2O7S. The summed E-state index contributed by atoms with van der Waals surface area (Å²) in [4.78, 5) is 29.8. The topological polar surface area (TPSA) is 97.6 Å². The van der Waals surface area contributed by atoms with Crippen molar-refractivity contribution < 1.29 is 33.3 Å². The number of carbonyl (C=O) groups excluding carboxylic acids is 2. The van der Waals surface area contributed by atoms with E-state index in [4.69, 9.17) is 23.7 Å². The number of fused-ring (bicyclic) bond motifs is 1. The number of amides is 1. The molecule has 10 heteroatoms. The zero-order valence-corrected chi connectivity index (χ0v) is 21.8. The van der Waals surface area contributed by atoms with Gasteiger partial charge in [0.25, 0.3) is 5.91 Å². The lowest BCUT2D eigenvalue weighted by molar-refractivity contribution is -0.113. The van der Waals surface area contributed by atoms with E-state index in [1.807, 2.05) is 17.6 Å². The van der Waals surface area contributed by atoms with E-state index < -0.39 is 11.9 Å². The Morgan fingerprint density at radius 1 is 1.00 bits per heavy atom. The minimum absolute atomic E-state index is 0.295. The number of esters is 1. The Kier molecular flexibility index (Phi) is 9.66. The van der Waals surface area contributed by atoms with E-state index in [0.29, 0.717) is 59.5 Å². The highest BCUT2D eigenvalue weighted by Gasteiger charge is 2.14. The molecule has 0 saturated carbocycles. The summed E-state index contributed by atoms with van der Waals surface area (Å²) in [6.07, 6.45) is 3.01. The first-order valence-electron chi connectivity index (χ1n) is 11.4. The molecule has 9 nitrogen and oxygen atoms in total. The lowest BCUT2D eigenvalue weighted by Crippen LogP contribution is -2.19. The average Bonchev–Trinajstić information content (AvgIpc) is 3.22. The summed E-state index contributed by atoms with van der Waals surface area (Å²) in [6.45, 7) is 5.53. The molecule has 0 aliphatic rings. The first-order valence-corrected chi connectivity index (χ1v) is 12.2. The Labute approximate surface area is 213 Å². The molecule has 192 valence electrons. The minimum Gasteiger partial charge on any atom is -0.493 e. The molecule has 0 aliphatic carbocycles. The first-order chi connectivity index (χ1) is 17.4. The van der Waals surface area contributed by atoms with Crippen molar-refractivity contribution >= 4 is 39.5 Å². The fourth-order valence-electron chi connectivity index (χ4n) is 3.51. The van der Waals surface area contributed by atoms with Gasteiger partial charge in [0.1, 0.15) is 0 Å². The first kappa shape index (κ1) is 27.0. The second-order valence-corrected chi connectivity index (χ2v) is 8.39. The molecule has 1 aromatic heterocycles. The van der Waals surface area contributed by atoms with Crippen LogP contribution in [0.1, 0.15) is 29.8 Å². The highest BCUT2D eigenvalue weighted by Crippen LogP contribution is 2.38. The fourth-order valence-corrected chi connectivity index (χ4v) is 4.61. The maximum atomic E-state index is 12.8. The van der Waals surface area contributed by atoms with E-state index in [9.17, 15) is 9.59 Å². The van der Waals surface area contributed by atoms with E-state index in [1.165, 1.54) is 38.7 Å². The van der Waals surface area contributed by atoms with Gasteiger partial charge in [0.05, 0.1) is 50.3 Å². The number of thiazole rings is 1. The summed E-state index contributed by atoms with van der Waals surface area (Å²) >= 11 is 1.32. The number of hydrogen-bond acceptors (Lipinski definition) is 8. The van der Waals surface area contributed by atoms with Gasteiger partial charge in [-0.25, -0.2) is 4.79 Å². The zero-order chi connectivity index (χ0) is 26.1. The monoisotopic (exact) mass is 514 g/mol. The molecule has 0 radical (unpaired) electrons. The molecule has 0 aliphatic heterocycles. The van der Waals surface area contributed by atoms with Crippen molar-refractivity contribution in [1.82, 2.24) is 4.57 Å². The second kappa shape index (κ2) is 12.9. The SMILES string of the molecule is CCOCCn1c(=NC(=O)C=Cc2cc(OC)c(OC)c(OC)c2)sc2cc(C(=O)OCC)ccc21. The van der Waals surface area contributed by atoms with Crippen molar-refractivity contribution in [2.24, 2.45) is 4.99 Å². The van der Waals surface area contributed by atoms with Gasteiger partial charge < -0.3 is 28.3 Å².